The first-order chi connectivity index (χ1) is 13.4. The third-order valence-corrected chi connectivity index (χ3v) is 5.50. The molecule has 1 N–H and O–H groups in total. The molecule has 1 atom stereocenters. The molecular weight excluding hydrogens is 375 g/mol. The molecule has 0 radical (unpaired) electrons. The zero-order valence-corrected chi connectivity index (χ0v) is 17.4. The summed E-state index contributed by atoms with van der Waals surface area (Å²) in [5, 5.41) is 2.66. The molecule has 0 fully saturated rings. The van der Waals surface area contributed by atoms with Gasteiger partial charge in [-0.25, -0.2) is 4.39 Å². The van der Waals surface area contributed by atoms with E-state index in [1.54, 1.807) is 24.1 Å². The molecule has 2 amide bonds. The Labute approximate surface area is 170 Å². The van der Waals surface area contributed by atoms with Crippen molar-refractivity contribution in [2.45, 2.75) is 38.6 Å². The number of rotatable bonds is 9. The number of amides is 2. The lowest BCUT2D eigenvalue weighted by Crippen LogP contribution is -2.48. The summed E-state index contributed by atoms with van der Waals surface area (Å²) < 4.78 is 13.0. The SMILES string of the molecule is CCC(C(=O)NC)N(Cc1ccc(C)cc1)C(=O)CSCc1ccc(F)cc1. The van der Waals surface area contributed by atoms with Gasteiger partial charge in [0.25, 0.3) is 0 Å². The summed E-state index contributed by atoms with van der Waals surface area (Å²) in [4.78, 5) is 26.9. The van der Waals surface area contributed by atoms with Crippen LogP contribution in [0.2, 0.25) is 0 Å². The maximum atomic E-state index is 13.0. The first kappa shape index (κ1) is 22.0. The van der Waals surface area contributed by atoms with Crippen molar-refractivity contribution >= 4 is 23.6 Å². The van der Waals surface area contributed by atoms with Crippen LogP contribution in [0.3, 0.4) is 0 Å². The van der Waals surface area contributed by atoms with Crippen molar-refractivity contribution in [3.05, 3.63) is 71.0 Å². The number of halogens is 1. The average molecular weight is 403 g/mol. The fourth-order valence-corrected chi connectivity index (χ4v) is 3.77. The standard InChI is InChI=1S/C22H27FN2O2S/c1-4-20(22(27)24-3)25(13-17-7-5-16(2)6-8-17)21(26)15-28-14-18-9-11-19(23)12-10-18/h5-12,20H,4,13-15H2,1-3H3,(H,24,27). The van der Waals surface area contributed by atoms with Crippen molar-refractivity contribution in [3.63, 3.8) is 0 Å². The number of hydrogen-bond acceptors (Lipinski definition) is 3. The molecule has 0 heterocycles. The van der Waals surface area contributed by atoms with Crippen LogP contribution in [0.1, 0.15) is 30.0 Å². The normalized spacial score (nSPS) is 11.7. The number of benzene rings is 2. The maximum Gasteiger partial charge on any atom is 0.242 e. The lowest BCUT2D eigenvalue weighted by molar-refractivity contribution is -0.139. The Morgan fingerprint density at radius 2 is 1.68 bits per heavy atom. The van der Waals surface area contributed by atoms with Gasteiger partial charge in [-0.3, -0.25) is 9.59 Å². The Balaban J connectivity index is 2.07. The topological polar surface area (TPSA) is 49.4 Å². The van der Waals surface area contributed by atoms with Crippen LogP contribution in [0.25, 0.3) is 0 Å². The van der Waals surface area contributed by atoms with E-state index in [1.807, 2.05) is 38.1 Å². The van der Waals surface area contributed by atoms with Crippen LogP contribution in [-0.2, 0) is 21.9 Å². The number of carbonyl (C=O) groups excluding carboxylic acids is 2. The zero-order chi connectivity index (χ0) is 20.5. The molecule has 6 heteroatoms. The number of nitrogens with one attached hydrogen (secondary N) is 1. The van der Waals surface area contributed by atoms with Gasteiger partial charge in [0.1, 0.15) is 11.9 Å². The van der Waals surface area contributed by atoms with Crippen LogP contribution in [0, 0.1) is 12.7 Å². The van der Waals surface area contributed by atoms with E-state index in [4.69, 9.17) is 0 Å². The van der Waals surface area contributed by atoms with Gasteiger partial charge in [0, 0.05) is 19.3 Å². The first-order valence-electron chi connectivity index (χ1n) is 9.33. The zero-order valence-electron chi connectivity index (χ0n) is 16.6. The van der Waals surface area contributed by atoms with E-state index in [0.29, 0.717) is 18.7 Å². The van der Waals surface area contributed by atoms with Gasteiger partial charge < -0.3 is 10.2 Å². The molecule has 0 aliphatic rings. The van der Waals surface area contributed by atoms with Gasteiger partial charge in [-0.1, -0.05) is 48.9 Å². The summed E-state index contributed by atoms with van der Waals surface area (Å²) >= 11 is 1.46. The maximum absolute atomic E-state index is 13.0. The van der Waals surface area contributed by atoms with Crippen LogP contribution in [0.4, 0.5) is 4.39 Å². The number of likely N-dealkylation sites (N-methyl/N-ethyl adjacent to an activating group) is 1. The Hall–Kier alpha value is -2.34. The van der Waals surface area contributed by atoms with Crippen molar-refractivity contribution < 1.29 is 14.0 Å². The molecule has 0 bridgehead atoms. The van der Waals surface area contributed by atoms with Gasteiger partial charge in [0.2, 0.25) is 11.8 Å². The first-order valence-corrected chi connectivity index (χ1v) is 10.5. The Morgan fingerprint density at radius 3 is 2.25 bits per heavy atom. The van der Waals surface area contributed by atoms with Crippen LogP contribution < -0.4 is 5.32 Å². The molecule has 2 aromatic rings. The molecule has 4 nitrogen and oxygen atoms in total. The number of carbonyl (C=O) groups is 2. The Kier molecular flexibility index (Phi) is 8.51. The minimum atomic E-state index is -0.509. The van der Waals surface area contributed by atoms with Gasteiger partial charge in [-0.15, -0.1) is 11.8 Å². The third-order valence-electron chi connectivity index (χ3n) is 4.51. The van der Waals surface area contributed by atoms with E-state index < -0.39 is 6.04 Å². The van der Waals surface area contributed by atoms with Crippen molar-refractivity contribution in [2.24, 2.45) is 0 Å². The van der Waals surface area contributed by atoms with E-state index in [9.17, 15) is 14.0 Å². The average Bonchev–Trinajstić information content (AvgIpc) is 2.70. The van der Waals surface area contributed by atoms with Gasteiger partial charge >= 0.3 is 0 Å². The highest BCUT2D eigenvalue weighted by atomic mass is 32.2. The van der Waals surface area contributed by atoms with Crippen LogP contribution in [-0.4, -0.2) is 35.6 Å². The molecule has 28 heavy (non-hydrogen) atoms. The molecule has 1 unspecified atom stereocenters. The second kappa shape index (κ2) is 10.9. The minimum Gasteiger partial charge on any atom is -0.357 e. The van der Waals surface area contributed by atoms with Crippen molar-refractivity contribution in [1.82, 2.24) is 10.2 Å². The summed E-state index contributed by atoms with van der Waals surface area (Å²) in [6, 6.07) is 13.7. The smallest absolute Gasteiger partial charge is 0.242 e. The third kappa shape index (κ3) is 6.37. The largest absolute Gasteiger partial charge is 0.357 e. The van der Waals surface area contributed by atoms with E-state index >= 15 is 0 Å². The number of nitrogens with zero attached hydrogens (tertiary/aromatic N) is 1. The second-order valence-corrected chi connectivity index (χ2v) is 7.65. The summed E-state index contributed by atoms with van der Waals surface area (Å²) in [5.74, 6) is 0.359. The molecule has 0 saturated heterocycles. The van der Waals surface area contributed by atoms with Crippen molar-refractivity contribution in [3.8, 4) is 0 Å². The quantitative estimate of drug-likeness (QED) is 0.692. The monoisotopic (exact) mass is 402 g/mol. The molecule has 2 aromatic carbocycles. The van der Waals surface area contributed by atoms with Gasteiger partial charge in [0.15, 0.2) is 0 Å². The van der Waals surface area contributed by atoms with E-state index in [0.717, 1.165) is 16.7 Å². The van der Waals surface area contributed by atoms with Crippen LogP contribution in [0.5, 0.6) is 0 Å². The second-order valence-electron chi connectivity index (χ2n) is 6.66. The number of hydrogen-bond donors (Lipinski definition) is 1. The highest BCUT2D eigenvalue weighted by molar-refractivity contribution is 7.99. The summed E-state index contributed by atoms with van der Waals surface area (Å²) in [7, 11) is 1.59. The highest BCUT2D eigenvalue weighted by Gasteiger charge is 2.27. The molecule has 2 rings (SSSR count). The van der Waals surface area contributed by atoms with E-state index in [2.05, 4.69) is 5.32 Å². The molecule has 0 aromatic heterocycles. The van der Waals surface area contributed by atoms with Crippen molar-refractivity contribution in [1.29, 1.82) is 0 Å². The molecular formula is C22H27FN2O2S. The molecule has 150 valence electrons. The lowest BCUT2D eigenvalue weighted by Gasteiger charge is -2.30. The van der Waals surface area contributed by atoms with Crippen LogP contribution in [0.15, 0.2) is 48.5 Å². The minimum absolute atomic E-state index is 0.0804. The lowest BCUT2D eigenvalue weighted by atomic mass is 10.1. The highest BCUT2D eigenvalue weighted by Crippen LogP contribution is 2.18. The molecule has 0 aliphatic heterocycles. The molecule has 0 saturated carbocycles. The van der Waals surface area contributed by atoms with Gasteiger partial charge in [-0.2, -0.15) is 0 Å². The summed E-state index contributed by atoms with van der Waals surface area (Å²) in [6.45, 7) is 4.31. The predicted molar refractivity (Wildman–Crippen MR) is 112 cm³/mol. The van der Waals surface area contributed by atoms with Gasteiger partial charge in [0.05, 0.1) is 5.75 Å². The fraction of sp³-hybridized carbons (Fsp3) is 0.364. The fourth-order valence-electron chi connectivity index (χ4n) is 2.90. The molecule has 0 aliphatic carbocycles. The Bertz CT molecular complexity index is 778. The number of aryl methyl sites for hydroxylation is 1. The summed E-state index contributed by atoms with van der Waals surface area (Å²) in [6.07, 6.45) is 0.542. The predicted octanol–water partition coefficient (Wildman–Crippen LogP) is 3.92. The Morgan fingerprint density at radius 1 is 1.07 bits per heavy atom. The van der Waals surface area contributed by atoms with Gasteiger partial charge in [-0.05, 0) is 36.6 Å². The number of thioether (sulfide) groups is 1. The van der Waals surface area contributed by atoms with Crippen LogP contribution >= 0.6 is 11.8 Å². The van der Waals surface area contributed by atoms with E-state index in [-0.39, 0.29) is 23.4 Å². The molecule has 0 spiro atoms. The van der Waals surface area contributed by atoms with E-state index in [1.165, 1.54) is 23.9 Å². The van der Waals surface area contributed by atoms with Crippen molar-refractivity contribution in [2.75, 3.05) is 12.8 Å². The summed E-state index contributed by atoms with van der Waals surface area (Å²) in [5.41, 5.74) is 3.10.